The molecule has 5 heteroatoms. The van der Waals surface area contributed by atoms with Crippen molar-refractivity contribution in [1.82, 2.24) is 5.32 Å². The van der Waals surface area contributed by atoms with Crippen molar-refractivity contribution in [3.05, 3.63) is 0 Å². The number of ether oxygens (including phenoxy) is 2. The minimum absolute atomic E-state index is 0.149. The molecule has 0 spiro atoms. The number of carbonyl (C=O) groups is 1. The van der Waals surface area contributed by atoms with Crippen LogP contribution in [0.2, 0.25) is 0 Å². The second kappa shape index (κ2) is 10.2. The first-order valence-electron chi connectivity index (χ1n) is 7.31. The van der Waals surface area contributed by atoms with Crippen molar-refractivity contribution in [3.63, 3.8) is 0 Å². The normalized spacial score (nSPS) is 23.3. The average Bonchev–Trinajstić information content (AvgIpc) is 2.37. The number of hydrogen-bond acceptors (Lipinski definition) is 4. The van der Waals surface area contributed by atoms with Gasteiger partial charge in [0.25, 0.3) is 0 Å². The highest BCUT2D eigenvalue weighted by Gasteiger charge is 2.21. The minimum Gasteiger partial charge on any atom is -0.382 e. The van der Waals surface area contributed by atoms with Crippen LogP contribution in [0.3, 0.4) is 0 Å². The minimum atomic E-state index is 0.149. The molecule has 1 saturated carbocycles. The third kappa shape index (κ3) is 8.18. The second-order valence-corrected chi connectivity index (χ2v) is 5.31. The van der Waals surface area contributed by atoms with Gasteiger partial charge in [-0.3, -0.25) is 4.79 Å². The van der Waals surface area contributed by atoms with Gasteiger partial charge >= 0.3 is 0 Å². The van der Waals surface area contributed by atoms with Crippen molar-refractivity contribution in [2.24, 2.45) is 11.7 Å². The van der Waals surface area contributed by atoms with Crippen LogP contribution in [-0.2, 0) is 14.3 Å². The Balaban J connectivity index is 1.95. The molecular formula is C14H28N2O3. The van der Waals surface area contributed by atoms with Crippen LogP contribution < -0.4 is 11.1 Å². The summed E-state index contributed by atoms with van der Waals surface area (Å²) in [6.45, 7) is 2.58. The maximum absolute atomic E-state index is 11.7. The van der Waals surface area contributed by atoms with Gasteiger partial charge in [-0.25, -0.2) is 0 Å². The lowest BCUT2D eigenvalue weighted by Crippen LogP contribution is -2.32. The van der Waals surface area contributed by atoms with Crippen LogP contribution in [0.25, 0.3) is 0 Å². The van der Waals surface area contributed by atoms with E-state index in [4.69, 9.17) is 15.2 Å². The highest BCUT2D eigenvalue weighted by atomic mass is 16.5. The summed E-state index contributed by atoms with van der Waals surface area (Å²) in [4.78, 5) is 11.7. The molecular weight excluding hydrogens is 244 g/mol. The van der Waals surface area contributed by atoms with E-state index in [1.54, 1.807) is 7.11 Å². The summed E-state index contributed by atoms with van der Waals surface area (Å²) in [6, 6.07) is 0.292. The van der Waals surface area contributed by atoms with Crippen molar-refractivity contribution >= 4 is 5.91 Å². The van der Waals surface area contributed by atoms with Gasteiger partial charge in [-0.1, -0.05) is 6.42 Å². The lowest BCUT2D eigenvalue weighted by molar-refractivity contribution is -0.122. The van der Waals surface area contributed by atoms with Gasteiger partial charge in [-0.15, -0.1) is 0 Å². The van der Waals surface area contributed by atoms with Crippen LogP contribution in [0.1, 0.15) is 38.5 Å². The molecule has 1 aliphatic carbocycles. The van der Waals surface area contributed by atoms with E-state index in [2.05, 4.69) is 5.32 Å². The molecule has 0 aromatic carbocycles. The maximum atomic E-state index is 11.7. The first-order chi connectivity index (χ1) is 9.22. The molecule has 2 unspecified atom stereocenters. The van der Waals surface area contributed by atoms with Gasteiger partial charge in [0.15, 0.2) is 0 Å². The molecule has 19 heavy (non-hydrogen) atoms. The predicted molar refractivity (Wildman–Crippen MR) is 74.9 cm³/mol. The van der Waals surface area contributed by atoms with E-state index in [1.807, 2.05) is 0 Å². The van der Waals surface area contributed by atoms with E-state index in [-0.39, 0.29) is 5.91 Å². The summed E-state index contributed by atoms with van der Waals surface area (Å²) >= 11 is 0. The lowest BCUT2D eigenvalue weighted by Gasteiger charge is -2.26. The number of amides is 1. The van der Waals surface area contributed by atoms with E-state index in [9.17, 15) is 4.79 Å². The van der Waals surface area contributed by atoms with E-state index in [1.165, 1.54) is 0 Å². The molecule has 0 aromatic heterocycles. The summed E-state index contributed by atoms with van der Waals surface area (Å²) < 4.78 is 10.2. The zero-order valence-electron chi connectivity index (χ0n) is 12.0. The molecule has 1 amide bonds. The van der Waals surface area contributed by atoms with Gasteiger partial charge < -0.3 is 20.5 Å². The van der Waals surface area contributed by atoms with Gasteiger partial charge in [0, 0.05) is 32.7 Å². The van der Waals surface area contributed by atoms with E-state index in [0.29, 0.717) is 44.7 Å². The average molecular weight is 272 g/mol. The fourth-order valence-electron chi connectivity index (χ4n) is 2.50. The third-order valence-electron chi connectivity index (χ3n) is 3.52. The topological polar surface area (TPSA) is 73.6 Å². The van der Waals surface area contributed by atoms with Crippen LogP contribution in [0.5, 0.6) is 0 Å². The van der Waals surface area contributed by atoms with Crippen LogP contribution in [0, 0.1) is 5.92 Å². The smallest absolute Gasteiger partial charge is 0.220 e. The summed E-state index contributed by atoms with van der Waals surface area (Å²) in [6.07, 6.45) is 5.87. The highest BCUT2D eigenvalue weighted by molar-refractivity contribution is 5.76. The number of hydrogen-bond donors (Lipinski definition) is 2. The molecule has 0 aliphatic heterocycles. The SMILES string of the molecule is COCCOCCCNC(=O)CC1CCCC(N)C1. The maximum Gasteiger partial charge on any atom is 0.220 e. The fourth-order valence-corrected chi connectivity index (χ4v) is 2.50. The number of methoxy groups -OCH3 is 1. The Morgan fingerprint density at radius 3 is 2.89 bits per heavy atom. The standard InChI is InChI=1S/C14H28N2O3/c1-18-8-9-19-7-3-6-16-14(17)11-12-4-2-5-13(15)10-12/h12-13H,2-11,15H2,1H3,(H,16,17). The summed E-state index contributed by atoms with van der Waals surface area (Å²) in [5, 5.41) is 2.94. The third-order valence-corrected chi connectivity index (χ3v) is 3.52. The molecule has 112 valence electrons. The summed E-state index contributed by atoms with van der Waals surface area (Å²) in [5.74, 6) is 0.623. The van der Waals surface area contributed by atoms with Crippen LogP contribution in [0.4, 0.5) is 0 Å². The van der Waals surface area contributed by atoms with Crippen molar-refractivity contribution in [3.8, 4) is 0 Å². The highest BCUT2D eigenvalue weighted by Crippen LogP contribution is 2.25. The number of nitrogens with one attached hydrogen (secondary N) is 1. The quantitative estimate of drug-likeness (QED) is 0.616. The lowest BCUT2D eigenvalue weighted by atomic mass is 9.84. The Hall–Kier alpha value is -0.650. The Bertz CT molecular complexity index is 249. The van der Waals surface area contributed by atoms with E-state index in [0.717, 1.165) is 32.1 Å². The van der Waals surface area contributed by atoms with Gasteiger partial charge in [-0.2, -0.15) is 0 Å². The number of nitrogens with two attached hydrogens (primary N) is 1. The Labute approximate surface area is 116 Å². The fraction of sp³-hybridized carbons (Fsp3) is 0.929. The van der Waals surface area contributed by atoms with Gasteiger partial charge in [0.05, 0.1) is 13.2 Å². The van der Waals surface area contributed by atoms with Crippen LogP contribution >= 0.6 is 0 Å². The van der Waals surface area contributed by atoms with Crippen molar-refractivity contribution < 1.29 is 14.3 Å². The molecule has 1 rings (SSSR count). The second-order valence-electron chi connectivity index (χ2n) is 5.31. The molecule has 2 atom stereocenters. The molecule has 3 N–H and O–H groups in total. The predicted octanol–water partition coefficient (Wildman–Crippen LogP) is 1.06. The Morgan fingerprint density at radius 1 is 1.32 bits per heavy atom. The largest absolute Gasteiger partial charge is 0.382 e. The summed E-state index contributed by atoms with van der Waals surface area (Å²) in [5.41, 5.74) is 5.92. The number of carbonyl (C=O) groups excluding carboxylic acids is 1. The number of rotatable bonds is 9. The molecule has 0 aromatic rings. The molecule has 0 saturated heterocycles. The Morgan fingerprint density at radius 2 is 2.16 bits per heavy atom. The monoisotopic (exact) mass is 272 g/mol. The van der Waals surface area contributed by atoms with Gasteiger partial charge in [0.1, 0.15) is 0 Å². The van der Waals surface area contributed by atoms with Crippen LogP contribution in [-0.4, -0.2) is 45.4 Å². The van der Waals surface area contributed by atoms with Crippen molar-refractivity contribution in [1.29, 1.82) is 0 Å². The Kier molecular flexibility index (Phi) is 8.79. The van der Waals surface area contributed by atoms with E-state index >= 15 is 0 Å². The van der Waals surface area contributed by atoms with Gasteiger partial charge in [0.2, 0.25) is 5.91 Å². The molecule has 0 heterocycles. The van der Waals surface area contributed by atoms with E-state index < -0.39 is 0 Å². The molecule has 5 nitrogen and oxygen atoms in total. The molecule has 0 bridgehead atoms. The van der Waals surface area contributed by atoms with Crippen molar-refractivity contribution in [2.45, 2.75) is 44.6 Å². The van der Waals surface area contributed by atoms with Crippen molar-refractivity contribution in [2.75, 3.05) is 33.5 Å². The molecule has 1 aliphatic rings. The molecule has 0 radical (unpaired) electrons. The molecule has 1 fully saturated rings. The zero-order valence-corrected chi connectivity index (χ0v) is 12.0. The first kappa shape index (κ1) is 16.4. The van der Waals surface area contributed by atoms with Crippen LogP contribution in [0.15, 0.2) is 0 Å². The summed E-state index contributed by atoms with van der Waals surface area (Å²) in [7, 11) is 1.65. The first-order valence-corrected chi connectivity index (χ1v) is 7.31. The zero-order chi connectivity index (χ0) is 13.9. The van der Waals surface area contributed by atoms with Gasteiger partial charge in [-0.05, 0) is 31.6 Å².